The highest BCUT2D eigenvalue weighted by Gasteiger charge is 2.29. The highest BCUT2D eigenvalue weighted by atomic mass is 79.9. The minimum Gasteiger partial charge on any atom is -0.335 e. The maximum Gasteiger partial charge on any atom is 0.264 e. The van der Waals surface area contributed by atoms with Crippen LogP contribution in [0.2, 0.25) is 0 Å². The molecule has 0 saturated heterocycles. The fourth-order valence-electron chi connectivity index (χ4n) is 1.95. The summed E-state index contributed by atoms with van der Waals surface area (Å²) in [6.07, 6.45) is 4.62. The van der Waals surface area contributed by atoms with Crippen LogP contribution in [0.3, 0.4) is 0 Å². The van der Waals surface area contributed by atoms with Gasteiger partial charge in [0.2, 0.25) is 0 Å². The van der Waals surface area contributed by atoms with E-state index in [1.54, 1.807) is 0 Å². The lowest BCUT2D eigenvalue weighted by molar-refractivity contribution is 0.0586. The second kappa shape index (κ2) is 6.34. The first-order valence-electron chi connectivity index (χ1n) is 5.84. The number of carbonyl (C=O) groups is 1. The fraction of sp³-hybridized carbons (Fsp3) is 0.583. The van der Waals surface area contributed by atoms with Crippen molar-refractivity contribution in [3.8, 4) is 0 Å². The van der Waals surface area contributed by atoms with Gasteiger partial charge >= 0.3 is 0 Å². The van der Waals surface area contributed by atoms with Gasteiger partial charge in [-0.25, -0.2) is 0 Å². The van der Waals surface area contributed by atoms with E-state index >= 15 is 0 Å². The van der Waals surface area contributed by atoms with Crippen LogP contribution in [0.4, 0.5) is 0 Å². The summed E-state index contributed by atoms with van der Waals surface area (Å²) in [4.78, 5) is 15.3. The summed E-state index contributed by atoms with van der Waals surface area (Å²) in [6, 6.07) is 4.33. The Morgan fingerprint density at radius 2 is 2.24 bits per heavy atom. The first-order chi connectivity index (χ1) is 8.22. The van der Waals surface area contributed by atoms with E-state index in [9.17, 15) is 4.79 Å². The van der Waals surface area contributed by atoms with Gasteiger partial charge < -0.3 is 4.90 Å². The zero-order valence-electron chi connectivity index (χ0n) is 9.49. The van der Waals surface area contributed by atoms with Crippen molar-refractivity contribution < 1.29 is 4.79 Å². The fourth-order valence-corrected chi connectivity index (χ4v) is 3.54. The Labute approximate surface area is 123 Å². The number of nitrogens with zero attached hydrogens (tertiary/aromatic N) is 1. The van der Waals surface area contributed by atoms with Crippen molar-refractivity contribution in [2.75, 3.05) is 11.9 Å². The van der Waals surface area contributed by atoms with E-state index in [1.807, 2.05) is 12.1 Å². The summed E-state index contributed by atoms with van der Waals surface area (Å²) >= 11 is 8.37. The Bertz CT molecular complexity index is 390. The molecule has 94 valence electrons. The van der Waals surface area contributed by atoms with Crippen LogP contribution in [0, 0.1) is 0 Å². The molecule has 1 aromatic heterocycles. The molecule has 0 bridgehead atoms. The van der Waals surface area contributed by atoms with Gasteiger partial charge in [0.1, 0.15) is 0 Å². The monoisotopic (exact) mass is 379 g/mol. The van der Waals surface area contributed by atoms with Crippen LogP contribution in [-0.4, -0.2) is 28.7 Å². The van der Waals surface area contributed by atoms with Crippen molar-refractivity contribution in [1.29, 1.82) is 0 Å². The molecule has 0 N–H and O–H groups in total. The van der Waals surface area contributed by atoms with Crippen LogP contribution in [0.5, 0.6) is 0 Å². The van der Waals surface area contributed by atoms with Crippen LogP contribution in [0.1, 0.15) is 35.4 Å². The zero-order valence-corrected chi connectivity index (χ0v) is 13.5. The van der Waals surface area contributed by atoms with Crippen molar-refractivity contribution in [3.63, 3.8) is 0 Å². The zero-order chi connectivity index (χ0) is 12.3. The molecule has 1 aromatic rings. The van der Waals surface area contributed by atoms with Gasteiger partial charge in [0, 0.05) is 17.9 Å². The number of hydrogen-bond acceptors (Lipinski definition) is 2. The van der Waals surface area contributed by atoms with Crippen LogP contribution < -0.4 is 0 Å². The molecular formula is C12H15Br2NOS. The topological polar surface area (TPSA) is 20.3 Å². The summed E-state index contributed by atoms with van der Waals surface area (Å²) < 4.78 is 1.02. The van der Waals surface area contributed by atoms with Gasteiger partial charge in [-0.15, -0.1) is 11.3 Å². The quantitative estimate of drug-likeness (QED) is 0.697. The van der Waals surface area contributed by atoms with Crippen LogP contribution >= 0.6 is 43.2 Å². The molecular weight excluding hydrogens is 366 g/mol. The minimum absolute atomic E-state index is 0.200. The Balaban J connectivity index is 2.06. The predicted octanol–water partition coefficient (Wildman–Crippen LogP) is 4.29. The van der Waals surface area contributed by atoms with Crippen molar-refractivity contribution in [2.45, 2.75) is 31.7 Å². The van der Waals surface area contributed by atoms with Crippen LogP contribution in [-0.2, 0) is 0 Å². The smallest absolute Gasteiger partial charge is 0.264 e. The average molecular weight is 381 g/mol. The second-order valence-electron chi connectivity index (χ2n) is 4.23. The van der Waals surface area contributed by atoms with E-state index in [2.05, 4.69) is 36.8 Å². The van der Waals surface area contributed by atoms with E-state index in [0.29, 0.717) is 6.04 Å². The van der Waals surface area contributed by atoms with Crippen LogP contribution in [0.25, 0.3) is 0 Å². The van der Waals surface area contributed by atoms with Gasteiger partial charge in [0.05, 0.1) is 8.66 Å². The number of rotatable bonds is 5. The average Bonchev–Trinajstić information content (AvgIpc) is 2.67. The molecule has 5 heteroatoms. The minimum atomic E-state index is 0.200. The molecule has 0 radical (unpaired) electrons. The Morgan fingerprint density at radius 1 is 1.47 bits per heavy atom. The number of alkyl halides is 1. The SMILES string of the molecule is O=C(c1ccc(Br)s1)N(CCCBr)C1CCC1. The van der Waals surface area contributed by atoms with E-state index in [-0.39, 0.29) is 5.91 Å². The van der Waals surface area contributed by atoms with E-state index < -0.39 is 0 Å². The molecule has 0 aromatic carbocycles. The third-order valence-electron chi connectivity index (χ3n) is 3.09. The van der Waals surface area contributed by atoms with E-state index in [1.165, 1.54) is 30.6 Å². The molecule has 1 aliphatic carbocycles. The normalized spacial score (nSPS) is 15.6. The third-order valence-corrected chi connectivity index (χ3v) is 5.27. The van der Waals surface area contributed by atoms with E-state index in [4.69, 9.17) is 0 Å². The molecule has 1 amide bonds. The van der Waals surface area contributed by atoms with Crippen molar-refractivity contribution in [1.82, 2.24) is 4.90 Å². The number of carbonyl (C=O) groups excluding carboxylic acids is 1. The highest BCUT2D eigenvalue weighted by molar-refractivity contribution is 9.11. The largest absolute Gasteiger partial charge is 0.335 e. The Hall–Kier alpha value is 0.130. The number of halogens is 2. The summed E-state index contributed by atoms with van der Waals surface area (Å²) in [6.45, 7) is 0.865. The molecule has 2 rings (SSSR count). The maximum absolute atomic E-state index is 12.4. The lowest BCUT2D eigenvalue weighted by Crippen LogP contribution is -2.44. The second-order valence-corrected chi connectivity index (χ2v) is 7.49. The third kappa shape index (κ3) is 3.32. The number of thiophene rings is 1. The summed E-state index contributed by atoms with van der Waals surface area (Å²) in [5.41, 5.74) is 0. The molecule has 1 fully saturated rings. The molecule has 2 nitrogen and oxygen atoms in total. The van der Waals surface area contributed by atoms with Crippen LogP contribution in [0.15, 0.2) is 15.9 Å². The maximum atomic E-state index is 12.4. The first kappa shape index (κ1) is 13.6. The molecule has 0 atom stereocenters. The standard InChI is InChI=1S/C12H15Br2NOS/c13-7-2-8-15(9-3-1-4-9)12(16)10-5-6-11(14)17-10/h5-6,9H,1-4,7-8H2. The van der Waals surface area contributed by atoms with Gasteiger partial charge in [-0.3, -0.25) is 4.79 Å². The molecule has 17 heavy (non-hydrogen) atoms. The first-order valence-corrected chi connectivity index (χ1v) is 8.57. The summed E-state index contributed by atoms with van der Waals surface area (Å²) in [7, 11) is 0. The molecule has 0 aliphatic heterocycles. The lowest BCUT2D eigenvalue weighted by atomic mass is 9.91. The molecule has 1 aliphatic rings. The molecule has 1 heterocycles. The number of amides is 1. The predicted molar refractivity (Wildman–Crippen MR) is 79.1 cm³/mol. The van der Waals surface area contributed by atoms with Crippen molar-refractivity contribution in [2.24, 2.45) is 0 Å². The van der Waals surface area contributed by atoms with Gasteiger partial charge in [0.15, 0.2) is 0 Å². The highest BCUT2D eigenvalue weighted by Crippen LogP contribution is 2.29. The van der Waals surface area contributed by atoms with Gasteiger partial charge in [0.25, 0.3) is 5.91 Å². The van der Waals surface area contributed by atoms with Gasteiger partial charge in [-0.05, 0) is 53.7 Å². The summed E-state index contributed by atoms with van der Waals surface area (Å²) in [5, 5.41) is 0.956. The van der Waals surface area contributed by atoms with Gasteiger partial charge in [-0.2, -0.15) is 0 Å². The Kier molecular flexibility index (Phi) is 5.06. The number of hydrogen-bond donors (Lipinski definition) is 0. The molecule has 1 saturated carbocycles. The van der Waals surface area contributed by atoms with Gasteiger partial charge in [-0.1, -0.05) is 15.9 Å². The molecule has 0 unspecified atom stereocenters. The van der Waals surface area contributed by atoms with E-state index in [0.717, 1.165) is 27.0 Å². The lowest BCUT2D eigenvalue weighted by Gasteiger charge is -2.37. The molecule has 0 spiro atoms. The van der Waals surface area contributed by atoms with Crippen molar-refractivity contribution in [3.05, 3.63) is 20.8 Å². The summed E-state index contributed by atoms with van der Waals surface area (Å²) in [5.74, 6) is 0.200. The Morgan fingerprint density at radius 3 is 2.71 bits per heavy atom. The van der Waals surface area contributed by atoms with Crippen molar-refractivity contribution >= 4 is 49.1 Å².